The first-order valence-corrected chi connectivity index (χ1v) is 5.08. The van der Waals surface area contributed by atoms with E-state index in [1.165, 1.54) is 6.07 Å². The van der Waals surface area contributed by atoms with Crippen LogP contribution in [0.2, 0.25) is 0 Å². The van der Waals surface area contributed by atoms with Crippen molar-refractivity contribution < 1.29 is 4.39 Å². The highest BCUT2D eigenvalue weighted by Gasteiger charge is 2.10. The van der Waals surface area contributed by atoms with Crippen molar-refractivity contribution in [3.63, 3.8) is 0 Å². The van der Waals surface area contributed by atoms with Gasteiger partial charge in [-0.15, -0.1) is 0 Å². The Kier molecular flexibility index (Phi) is 1.94. The number of fused-ring (bicyclic) bond motifs is 3. The van der Waals surface area contributed by atoms with Gasteiger partial charge in [-0.05, 0) is 19.2 Å². The first-order chi connectivity index (χ1) is 7.79. The Morgan fingerprint density at radius 1 is 1.50 bits per heavy atom. The molecule has 1 aromatic carbocycles. The lowest BCUT2D eigenvalue weighted by molar-refractivity contribution is 0.637. The molecule has 0 saturated carbocycles. The molecule has 0 spiro atoms. The highest BCUT2D eigenvalue weighted by atomic mass is 19.1. The van der Waals surface area contributed by atoms with Crippen LogP contribution in [0, 0.1) is 5.82 Å². The SMILES string of the molecule is CNCc1cn2c(nc3c(F)cccc32)[nH]1. The first-order valence-electron chi connectivity index (χ1n) is 5.08. The summed E-state index contributed by atoms with van der Waals surface area (Å²) in [6.45, 7) is 0.736. The Morgan fingerprint density at radius 3 is 3.19 bits per heavy atom. The predicted octanol–water partition coefficient (Wildman–Crippen LogP) is 1.67. The molecule has 82 valence electrons. The number of aromatic nitrogens is 3. The number of H-pyrrole nitrogens is 1. The van der Waals surface area contributed by atoms with Gasteiger partial charge in [0, 0.05) is 18.4 Å². The van der Waals surface area contributed by atoms with Crippen molar-refractivity contribution in [1.29, 1.82) is 0 Å². The van der Waals surface area contributed by atoms with E-state index in [2.05, 4.69) is 15.3 Å². The fraction of sp³-hybridized carbons (Fsp3) is 0.182. The maximum absolute atomic E-state index is 13.4. The zero-order valence-electron chi connectivity index (χ0n) is 8.79. The second-order valence-electron chi connectivity index (χ2n) is 3.72. The zero-order chi connectivity index (χ0) is 11.1. The molecule has 0 fully saturated rings. The monoisotopic (exact) mass is 218 g/mol. The molecule has 4 nitrogen and oxygen atoms in total. The van der Waals surface area contributed by atoms with Crippen LogP contribution in [0.5, 0.6) is 0 Å². The molecule has 0 aliphatic heterocycles. The van der Waals surface area contributed by atoms with E-state index in [1.54, 1.807) is 6.07 Å². The molecule has 0 atom stereocenters. The van der Waals surface area contributed by atoms with E-state index >= 15 is 0 Å². The van der Waals surface area contributed by atoms with E-state index in [9.17, 15) is 4.39 Å². The fourth-order valence-corrected chi connectivity index (χ4v) is 1.91. The normalized spacial score (nSPS) is 11.6. The van der Waals surface area contributed by atoms with Gasteiger partial charge in [-0.1, -0.05) is 6.07 Å². The lowest BCUT2D eigenvalue weighted by Crippen LogP contribution is -2.04. The van der Waals surface area contributed by atoms with Gasteiger partial charge >= 0.3 is 0 Å². The largest absolute Gasteiger partial charge is 0.326 e. The number of halogens is 1. The van der Waals surface area contributed by atoms with Crippen LogP contribution in [0.4, 0.5) is 4.39 Å². The van der Waals surface area contributed by atoms with Gasteiger partial charge in [0.25, 0.3) is 0 Å². The smallest absolute Gasteiger partial charge is 0.212 e. The van der Waals surface area contributed by atoms with Crippen LogP contribution in [0.3, 0.4) is 0 Å². The van der Waals surface area contributed by atoms with Crippen molar-refractivity contribution in [2.24, 2.45) is 0 Å². The molecule has 0 aliphatic rings. The highest BCUT2D eigenvalue weighted by molar-refractivity contribution is 5.80. The number of aromatic amines is 1. The van der Waals surface area contributed by atoms with Gasteiger partial charge in [-0.3, -0.25) is 4.40 Å². The average molecular weight is 218 g/mol. The maximum Gasteiger partial charge on any atom is 0.212 e. The Labute approximate surface area is 91.1 Å². The molecular weight excluding hydrogens is 207 g/mol. The standard InChI is InChI=1S/C11H11FN4/c1-13-5-7-6-16-9-4-2-3-8(12)10(9)15-11(16)14-7/h2-4,6,13H,5H2,1H3,(H,14,15). The van der Waals surface area contributed by atoms with Crippen LogP contribution in [-0.2, 0) is 6.54 Å². The van der Waals surface area contributed by atoms with Crippen molar-refractivity contribution in [3.05, 3.63) is 35.9 Å². The summed E-state index contributed by atoms with van der Waals surface area (Å²) >= 11 is 0. The molecule has 2 N–H and O–H groups in total. The highest BCUT2D eigenvalue weighted by Crippen LogP contribution is 2.19. The van der Waals surface area contributed by atoms with Gasteiger partial charge in [0.1, 0.15) is 5.52 Å². The van der Waals surface area contributed by atoms with E-state index in [0.717, 1.165) is 17.8 Å². The lowest BCUT2D eigenvalue weighted by Gasteiger charge is -1.93. The van der Waals surface area contributed by atoms with Crippen molar-refractivity contribution in [3.8, 4) is 0 Å². The van der Waals surface area contributed by atoms with Gasteiger partial charge in [0.2, 0.25) is 5.78 Å². The number of benzene rings is 1. The van der Waals surface area contributed by atoms with Crippen LogP contribution in [-0.4, -0.2) is 21.4 Å². The minimum absolute atomic E-state index is 0.287. The molecule has 0 unspecified atom stereocenters. The Morgan fingerprint density at radius 2 is 2.38 bits per heavy atom. The van der Waals surface area contributed by atoms with Crippen molar-refractivity contribution in [2.75, 3.05) is 7.05 Å². The van der Waals surface area contributed by atoms with Crippen LogP contribution in [0.1, 0.15) is 5.69 Å². The molecule has 0 amide bonds. The molecule has 3 rings (SSSR count). The van der Waals surface area contributed by atoms with Gasteiger partial charge in [0.05, 0.1) is 5.52 Å². The summed E-state index contributed by atoms with van der Waals surface area (Å²) in [5, 5.41) is 3.05. The van der Waals surface area contributed by atoms with Gasteiger partial charge in [-0.25, -0.2) is 9.37 Å². The maximum atomic E-state index is 13.4. The van der Waals surface area contributed by atoms with Crippen LogP contribution < -0.4 is 5.32 Å². The minimum atomic E-state index is -0.287. The second kappa shape index (κ2) is 3.31. The van der Waals surface area contributed by atoms with Crippen molar-refractivity contribution >= 4 is 16.8 Å². The third-order valence-corrected chi connectivity index (χ3v) is 2.60. The molecular formula is C11H11FN4. The molecule has 0 saturated heterocycles. The number of para-hydroxylation sites is 1. The molecule has 2 heterocycles. The summed E-state index contributed by atoms with van der Waals surface area (Å²) in [4.78, 5) is 7.36. The van der Waals surface area contributed by atoms with E-state index in [-0.39, 0.29) is 5.82 Å². The van der Waals surface area contributed by atoms with E-state index < -0.39 is 0 Å². The number of nitrogens with zero attached hydrogens (tertiary/aromatic N) is 2. The lowest BCUT2D eigenvalue weighted by atomic mass is 10.3. The number of hydrogen-bond donors (Lipinski definition) is 2. The van der Waals surface area contributed by atoms with E-state index in [0.29, 0.717) is 11.3 Å². The van der Waals surface area contributed by atoms with E-state index in [1.807, 2.05) is 23.7 Å². The third-order valence-electron chi connectivity index (χ3n) is 2.60. The summed E-state index contributed by atoms with van der Waals surface area (Å²) in [5.41, 5.74) is 2.22. The van der Waals surface area contributed by atoms with Gasteiger partial charge in [0.15, 0.2) is 5.82 Å². The molecule has 5 heteroatoms. The number of nitrogens with one attached hydrogen (secondary N) is 2. The molecule has 0 aliphatic carbocycles. The molecule has 0 bridgehead atoms. The topological polar surface area (TPSA) is 45.1 Å². The first kappa shape index (κ1) is 9.35. The van der Waals surface area contributed by atoms with Gasteiger partial charge < -0.3 is 10.3 Å². The predicted molar refractivity (Wildman–Crippen MR) is 59.8 cm³/mol. The van der Waals surface area contributed by atoms with Gasteiger partial charge in [-0.2, -0.15) is 0 Å². The fourth-order valence-electron chi connectivity index (χ4n) is 1.91. The number of rotatable bonds is 2. The van der Waals surface area contributed by atoms with Crippen LogP contribution in [0.15, 0.2) is 24.4 Å². The van der Waals surface area contributed by atoms with Crippen molar-refractivity contribution in [2.45, 2.75) is 6.54 Å². The number of hydrogen-bond acceptors (Lipinski definition) is 2. The Hall–Kier alpha value is -1.88. The quantitative estimate of drug-likeness (QED) is 0.687. The molecule has 2 aromatic heterocycles. The van der Waals surface area contributed by atoms with Crippen LogP contribution >= 0.6 is 0 Å². The minimum Gasteiger partial charge on any atom is -0.326 e. The number of imidazole rings is 2. The Balaban J connectivity index is 2.30. The summed E-state index contributed by atoms with van der Waals surface area (Å²) in [6.07, 6.45) is 1.93. The molecule has 16 heavy (non-hydrogen) atoms. The van der Waals surface area contributed by atoms with Crippen LogP contribution in [0.25, 0.3) is 16.8 Å². The average Bonchev–Trinajstić information content (AvgIpc) is 2.77. The van der Waals surface area contributed by atoms with Crippen molar-refractivity contribution in [1.82, 2.24) is 19.7 Å². The second-order valence-corrected chi connectivity index (χ2v) is 3.72. The molecule has 3 aromatic rings. The zero-order valence-corrected chi connectivity index (χ0v) is 8.79. The van der Waals surface area contributed by atoms with E-state index in [4.69, 9.17) is 0 Å². The summed E-state index contributed by atoms with van der Waals surface area (Å²) < 4.78 is 15.3. The summed E-state index contributed by atoms with van der Waals surface area (Å²) in [7, 11) is 1.88. The third kappa shape index (κ3) is 1.22. The summed E-state index contributed by atoms with van der Waals surface area (Å²) in [5.74, 6) is 0.384. The Bertz CT molecular complexity index is 652. The summed E-state index contributed by atoms with van der Waals surface area (Å²) in [6, 6.07) is 4.97. The molecule has 0 radical (unpaired) electrons.